The Morgan fingerprint density at radius 3 is 2.96 bits per heavy atom. The number of ether oxygens (including phenoxy) is 2. The second-order valence-electron chi connectivity index (χ2n) is 6.21. The molecule has 3 aromatic rings. The van der Waals surface area contributed by atoms with Crippen molar-refractivity contribution in [3.05, 3.63) is 36.3 Å². The van der Waals surface area contributed by atoms with Gasteiger partial charge >= 0.3 is 0 Å². The van der Waals surface area contributed by atoms with E-state index in [0.29, 0.717) is 12.6 Å². The molecule has 1 saturated carbocycles. The number of H-pyrrole nitrogens is 1. The SMILES string of the molecule is COc1ccc(CNc2ncnc3[nH]ncc23)c(OC2CCCC2)c1. The first-order valence-electron chi connectivity index (χ1n) is 8.55. The van der Waals surface area contributed by atoms with Gasteiger partial charge in [-0.05, 0) is 37.8 Å². The third kappa shape index (κ3) is 3.35. The average molecular weight is 339 g/mol. The lowest BCUT2D eigenvalue weighted by atomic mass is 10.1. The smallest absolute Gasteiger partial charge is 0.160 e. The summed E-state index contributed by atoms with van der Waals surface area (Å²) in [7, 11) is 1.67. The topological polar surface area (TPSA) is 85.0 Å². The molecule has 2 heterocycles. The Bertz CT molecular complexity index is 858. The molecule has 7 nitrogen and oxygen atoms in total. The summed E-state index contributed by atoms with van der Waals surface area (Å²) in [5, 5.41) is 11.1. The van der Waals surface area contributed by atoms with Gasteiger partial charge in [0.2, 0.25) is 0 Å². The number of fused-ring (bicyclic) bond motifs is 1. The number of nitrogens with zero attached hydrogens (tertiary/aromatic N) is 3. The summed E-state index contributed by atoms with van der Waals surface area (Å²) in [5.41, 5.74) is 1.79. The fourth-order valence-electron chi connectivity index (χ4n) is 3.19. The fraction of sp³-hybridized carbons (Fsp3) is 0.389. The van der Waals surface area contributed by atoms with Crippen LogP contribution in [0.25, 0.3) is 11.0 Å². The van der Waals surface area contributed by atoms with Crippen LogP contribution in [0.4, 0.5) is 5.82 Å². The van der Waals surface area contributed by atoms with Gasteiger partial charge in [-0.15, -0.1) is 0 Å². The molecule has 1 aliphatic carbocycles. The molecule has 0 amide bonds. The summed E-state index contributed by atoms with van der Waals surface area (Å²) in [6, 6.07) is 5.94. The van der Waals surface area contributed by atoms with Gasteiger partial charge in [-0.25, -0.2) is 9.97 Å². The van der Waals surface area contributed by atoms with Crippen LogP contribution in [0.3, 0.4) is 0 Å². The van der Waals surface area contributed by atoms with Crippen molar-refractivity contribution in [1.82, 2.24) is 20.2 Å². The van der Waals surface area contributed by atoms with Crippen LogP contribution in [0, 0.1) is 0 Å². The van der Waals surface area contributed by atoms with Crippen molar-refractivity contribution < 1.29 is 9.47 Å². The molecule has 0 atom stereocenters. The first kappa shape index (κ1) is 15.7. The number of aromatic nitrogens is 4. The van der Waals surface area contributed by atoms with Gasteiger partial charge in [0.1, 0.15) is 23.6 Å². The molecular formula is C18H21N5O2. The number of hydrogen-bond acceptors (Lipinski definition) is 6. The predicted molar refractivity (Wildman–Crippen MR) is 94.9 cm³/mol. The monoisotopic (exact) mass is 339 g/mol. The zero-order valence-corrected chi connectivity index (χ0v) is 14.2. The average Bonchev–Trinajstić information content (AvgIpc) is 3.32. The number of nitrogens with one attached hydrogen (secondary N) is 2. The number of aromatic amines is 1. The van der Waals surface area contributed by atoms with Gasteiger partial charge in [-0.1, -0.05) is 0 Å². The van der Waals surface area contributed by atoms with Gasteiger partial charge < -0.3 is 14.8 Å². The molecule has 0 bridgehead atoms. The van der Waals surface area contributed by atoms with Crippen molar-refractivity contribution >= 4 is 16.9 Å². The summed E-state index contributed by atoms with van der Waals surface area (Å²) < 4.78 is 11.6. The highest BCUT2D eigenvalue weighted by Crippen LogP contribution is 2.30. The first-order chi connectivity index (χ1) is 12.3. The maximum Gasteiger partial charge on any atom is 0.160 e. The van der Waals surface area contributed by atoms with E-state index < -0.39 is 0 Å². The lowest BCUT2D eigenvalue weighted by Gasteiger charge is -2.18. The second-order valence-corrected chi connectivity index (χ2v) is 6.21. The minimum Gasteiger partial charge on any atom is -0.497 e. The lowest BCUT2D eigenvalue weighted by Crippen LogP contribution is -2.13. The van der Waals surface area contributed by atoms with E-state index in [-0.39, 0.29) is 0 Å². The Morgan fingerprint density at radius 1 is 1.24 bits per heavy atom. The van der Waals surface area contributed by atoms with Crippen molar-refractivity contribution in [3.63, 3.8) is 0 Å². The van der Waals surface area contributed by atoms with Gasteiger partial charge in [0.15, 0.2) is 5.65 Å². The van der Waals surface area contributed by atoms with E-state index in [4.69, 9.17) is 9.47 Å². The molecule has 0 radical (unpaired) electrons. The highest BCUT2D eigenvalue weighted by Gasteiger charge is 2.18. The van der Waals surface area contributed by atoms with Crippen LogP contribution in [0.1, 0.15) is 31.2 Å². The molecule has 4 rings (SSSR count). The maximum absolute atomic E-state index is 6.24. The van der Waals surface area contributed by atoms with Crippen LogP contribution >= 0.6 is 0 Å². The summed E-state index contributed by atoms with van der Waals surface area (Å²) in [5.74, 6) is 2.42. The molecule has 25 heavy (non-hydrogen) atoms. The maximum atomic E-state index is 6.24. The first-order valence-corrected chi connectivity index (χ1v) is 8.55. The van der Waals surface area contributed by atoms with Crippen molar-refractivity contribution in [2.45, 2.75) is 38.3 Å². The Kier molecular flexibility index (Phi) is 4.37. The third-order valence-electron chi connectivity index (χ3n) is 4.56. The lowest BCUT2D eigenvalue weighted by molar-refractivity contribution is 0.207. The van der Waals surface area contributed by atoms with E-state index in [1.54, 1.807) is 13.3 Å². The van der Waals surface area contributed by atoms with Gasteiger partial charge in [0.25, 0.3) is 0 Å². The zero-order valence-electron chi connectivity index (χ0n) is 14.2. The molecule has 1 fully saturated rings. The number of anilines is 1. The highest BCUT2D eigenvalue weighted by molar-refractivity contribution is 5.85. The standard InChI is InChI=1S/C18H21N5O2/c1-24-14-7-6-12(16(8-14)25-13-4-2-3-5-13)9-19-17-15-10-22-23-18(15)21-11-20-17/h6-8,10-11,13H,2-5,9H2,1H3,(H2,19,20,21,22,23). The van der Waals surface area contributed by atoms with Crippen LogP contribution < -0.4 is 14.8 Å². The Labute approximate surface area is 145 Å². The minimum absolute atomic E-state index is 0.297. The van der Waals surface area contributed by atoms with E-state index in [1.807, 2.05) is 18.2 Å². The molecule has 0 saturated heterocycles. The zero-order chi connectivity index (χ0) is 17.1. The molecule has 7 heteroatoms. The Hall–Kier alpha value is -2.83. The molecular weight excluding hydrogens is 318 g/mol. The van der Waals surface area contributed by atoms with E-state index in [1.165, 1.54) is 19.2 Å². The van der Waals surface area contributed by atoms with Crippen LogP contribution in [0.15, 0.2) is 30.7 Å². The predicted octanol–water partition coefficient (Wildman–Crippen LogP) is 3.30. The van der Waals surface area contributed by atoms with Crippen LogP contribution in [0.5, 0.6) is 11.5 Å². The normalized spacial score (nSPS) is 14.8. The molecule has 1 aromatic carbocycles. The van der Waals surface area contributed by atoms with E-state index in [0.717, 1.165) is 46.8 Å². The molecule has 2 aromatic heterocycles. The number of rotatable bonds is 6. The number of hydrogen-bond donors (Lipinski definition) is 2. The van der Waals surface area contributed by atoms with Crippen LogP contribution in [-0.2, 0) is 6.54 Å². The largest absolute Gasteiger partial charge is 0.497 e. The van der Waals surface area contributed by atoms with E-state index in [2.05, 4.69) is 25.5 Å². The van der Waals surface area contributed by atoms with Gasteiger partial charge in [0.05, 0.1) is 24.8 Å². The summed E-state index contributed by atoms with van der Waals surface area (Å²) >= 11 is 0. The van der Waals surface area contributed by atoms with Gasteiger partial charge in [0, 0.05) is 18.2 Å². The van der Waals surface area contributed by atoms with Crippen molar-refractivity contribution in [2.75, 3.05) is 12.4 Å². The summed E-state index contributed by atoms with van der Waals surface area (Å²) in [4.78, 5) is 8.47. The van der Waals surface area contributed by atoms with E-state index >= 15 is 0 Å². The minimum atomic E-state index is 0.297. The van der Waals surface area contributed by atoms with Crippen LogP contribution in [-0.4, -0.2) is 33.4 Å². The van der Waals surface area contributed by atoms with E-state index in [9.17, 15) is 0 Å². The molecule has 0 aliphatic heterocycles. The second kappa shape index (κ2) is 6.96. The van der Waals surface area contributed by atoms with Crippen molar-refractivity contribution in [3.8, 4) is 11.5 Å². The summed E-state index contributed by atoms with van der Waals surface area (Å²) in [6.07, 6.45) is 8.25. The fourth-order valence-corrected chi connectivity index (χ4v) is 3.19. The number of methoxy groups -OCH3 is 1. The molecule has 1 aliphatic rings. The molecule has 130 valence electrons. The van der Waals surface area contributed by atoms with Gasteiger partial charge in [-0.2, -0.15) is 5.10 Å². The Balaban J connectivity index is 1.55. The molecule has 0 unspecified atom stereocenters. The molecule has 2 N–H and O–H groups in total. The Morgan fingerprint density at radius 2 is 2.12 bits per heavy atom. The highest BCUT2D eigenvalue weighted by atomic mass is 16.5. The summed E-state index contributed by atoms with van der Waals surface area (Å²) in [6.45, 7) is 0.601. The van der Waals surface area contributed by atoms with Gasteiger partial charge in [-0.3, -0.25) is 5.10 Å². The third-order valence-corrected chi connectivity index (χ3v) is 4.56. The van der Waals surface area contributed by atoms with Crippen molar-refractivity contribution in [2.24, 2.45) is 0 Å². The van der Waals surface area contributed by atoms with Crippen molar-refractivity contribution in [1.29, 1.82) is 0 Å². The van der Waals surface area contributed by atoms with Crippen LogP contribution in [0.2, 0.25) is 0 Å². The number of benzene rings is 1. The quantitative estimate of drug-likeness (QED) is 0.717. The molecule has 0 spiro atoms.